The van der Waals surface area contributed by atoms with E-state index < -0.39 is 5.97 Å². The number of aliphatic carboxylic acids is 1. The lowest BCUT2D eigenvalue weighted by molar-refractivity contribution is -0.141. The molecule has 2 aliphatic rings. The van der Waals surface area contributed by atoms with Gasteiger partial charge in [-0.15, -0.1) is 0 Å². The van der Waals surface area contributed by atoms with Crippen LogP contribution in [0.25, 0.3) is 0 Å². The first kappa shape index (κ1) is 16.1. The maximum atomic E-state index is 11.7. The molecule has 0 atom stereocenters. The number of hydrogen-bond acceptors (Lipinski definition) is 3. The molecule has 3 N–H and O–H groups in total. The van der Waals surface area contributed by atoms with E-state index in [0.29, 0.717) is 13.1 Å². The molecule has 0 aromatic rings. The topological polar surface area (TPSA) is 81.7 Å². The molecule has 6 heteroatoms. The highest BCUT2D eigenvalue weighted by Gasteiger charge is 2.39. The van der Waals surface area contributed by atoms with Crippen molar-refractivity contribution in [1.29, 1.82) is 0 Å². The summed E-state index contributed by atoms with van der Waals surface area (Å²) in [5.74, 6) is -0.775. The van der Waals surface area contributed by atoms with Crippen molar-refractivity contribution in [2.75, 3.05) is 32.7 Å². The molecule has 120 valence electrons. The second-order valence-electron chi connectivity index (χ2n) is 6.44. The molecule has 0 spiro atoms. The van der Waals surface area contributed by atoms with E-state index in [1.807, 2.05) is 0 Å². The molecule has 1 aliphatic heterocycles. The number of carbonyl (C=O) groups is 2. The molecule has 2 rings (SSSR count). The first-order chi connectivity index (χ1) is 10.1. The number of carboxylic acid groups (broad SMARTS) is 1. The van der Waals surface area contributed by atoms with Crippen LogP contribution in [-0.4, -0.2) is 54.7 Å². The Balaban J connectivity index is 1.55. The fourth-order valence-electron chi connectivity index (χ4n) is 3.25. The van der Waals surface area contributed by atoms with Crippen LogP contribution in [0.2, 0.25) is 0 Å². The largest absolute Gasteiger partial charge is 0.481 e. The van der Waals surface area contributed by atoms with Crippen molar-refractivity contribution in [3.63, 3.8) is 0 Å². The number of amides is 2. The fourth-order valence-corrected chi connectivity index (χ4v) is 3.25. The molecule has 0 unspecified atom stereocenters. The number of nitrogens with one attached hydrogen (secondary N) is 2. The van der Waals surface area contributed by atoms with E-state index in [1.165, 1.54) is 25.9 Å². The Bertz CT molecular complexity index is 363. The van der Waals surface area contributed by atoms with Crippen LogP contribution in [0, 0.1) is 5.41 Å². The van der Waals surface area contributed by atoms with Gasteiger partial charge in [-0.1, -0.05) is 6.42 Å². The molecule has 0 aromatic heterocycles. The van der Waals surface area contributed by atoms with Crippen LogP contribution in [0.4, 0.5) is 4.79 Å². The van der Waals surface area contributed by atoms with Gasteiger partial charge in [0.1, 0.15) is 0 Å². The van der Waals surface area contributed by atoms with E-state index in [4.69, 9.17) is 5.11 Å². The third-order valence-corrected chi connectivity index (χ3v) is 4.70. The third-order valence-electron chi connectivity index (χ3n) is 4.70. The van der Waals surface area contributed by atoms with Crippen LogP contribution in [-0.2, 0) is 4.79 Å². The number of urea groups is 1. The standard InChI is InChI=1S/C15H27N3O3/c19-13(20)11-15(5-3-6-15)12-17-14(21)16-7-4-10-18-8-1-2-9-18/h1-12H2,(H,19,20)(H2,16,17,21). The second-order valence-corrected chi connectivity index (χ2v) is 6.44. The van der Waals surface area contributed by atoms with Crippen LogP contribution < -0.4 is 10.6 Å². The summed E-state index contributed by atoms with van der Waals surface area (Å²) in [6, 6.07) is -0.173. The van der Waals surface area contributed by atoms with Crippen LogP contribution in [0.5, 0.6) is 0 Å². The maximum Gasteiger partial charge on any atom is 0.314 e. The number of hydrogen-bond donors (Lipinski definition) is 3. The zero-order valence-corrected chi connectivity index (χ0v) is 12.7. The van der Waals surface area contributed by atoms with E-state index in [1.54, 1.807) is 0 Å². The van der Waals surface area contributed by atoms with Gasteiger partial charge in [0.2, 0.25) is 0 Å². The Hall–Kier alpha value is -1.30. The minimum Gasteiger partial charge on any atom is -0.481 e. The number of carbonyl (C=O) groups excluding carboxylic acids is 1. The highest BCUT2D eigenvalue weighted by atomic mass is 16.4. The van der Waals surface area contributed by atoms with Crippen LogP contribution in [0.1, 0.15) is 44.9 Å². The number of carboxylic acids is 1. The second kappa shape index (κ2) is 7.64. The number of nitrogens with zero attached hydrogens (tertiary/aromatic N) is 1. The Kier molecular flexibility index (Phi) is 5.85. The zero-order valence-electron chi connectivity index (χ0n) is 12.7. The lowest BCUT2D eigenvalue weighted by Gasteiger charge is -2.40. The molecular formula is C15H27N3O3. The molecule has 0 radical (unpaired) electrons. The normalized spacial score (nSPS) is 20.8. The summed E-state index contributed by atoms with van der Waals surface area (Å²) in [6.07, 6.45) is 6.56. The summed E-state index contributed by atoms with van der Waals surface area (Å²) >= 11 is 0. The summed E-state index contributed by atoms with van der Waals surface area (Å²) < 4.78 is 0. The SMILES string of the molecule is O=C(O)CC1(CNC(=O)NCCCN2CCCC2)CCC1. The summed E-state index contributed by atoms with van der Waals surface area (Å²) in [5.41, 5.74) is -0.210. The van der Waals surface area contributed by atoms with Crippen molar-refractivity contribution in [3.05, 3.63) is 0 Å². The Labute approximate surface area is 126 Å². The van der Waals surface area contributed by atoms with Crippen LogP contribution in [0.3, 0.4) is 0 Å². The number of rotatable bonds is 8. The van der Waals surface area contributed by atoms with Crippen LogP contribution >= 0.6 is 0 Å². The lowest BCUT2D eigenvalue weighted by atomic mass is 9.66. The van der Waals surface area contributed by atoms with E-state index in [0.717, 1.165) is 32.2 Å². The first-order valence-electron chi connectivity index (χ1n) is 8.06. The van der Waals surface area contributed by atoms with Gasteiger partial charge in [-0.3, -0.25) is 4.79 Å². The van der Waals surface area contributed by atoms with Crippen molar-refractivity contribution in [3.8, 4) is 0 Å². The van der Waals surface area contributed by atoms with Crippen molar-refractivity contribution in [1.82, 2.24) is 15.5 Å². The summed E-state index contributed by atoms with van der Waals surface area (Å²) in [4.78, 5) is 25.0. The minimum atomic E-state index is -0.775. The smallest absolute Gasteiger partial charge is 0.314 e. The quantitative estimate of drug-likeness (QED) is 0.592. The molecular weight excluding hydrogens is 270 g/mol. The highest BCUT2D eigenvalue weighted by molar-refractivity contribution is 5.74. The van der Waals surface area contributed by atoms with Crippen molar-refractivity contribution >= 4 is 12.0 Å². The third kappa shape index (κ3) is 5.19. The average molecular weight is 297 g/mol. The fraction of sp³-hybridized carbons (Fsp3) is 0.867. The summed E-state index contributed by atoms with van der Waals surface area (Å²) in [7, 11) is 0. The molecule has 0 bridgehead atoms. The van der Waals surface area contributed by atoms with Gasteiger partial charge in [-0.05, 0) is 57.2 Å². The van der Waals surface area contributed by atoms with Gasteiger partial charge >= 0.3 is 12.0 Å². The van der Waals surface area contributed by atoms with Gasteiger partial charge < -0.3 is 20.6 Å². The predicted octanol–water partition coefficient (Wildman–Crippen LogP) is 1.42. The van der Waals surface area contributed by atoms with Gasteiger partial charge in [0, 0.05) is 13.1 Å². The lowest BCUT2D eigenvalue weighted by Crippen LogP contribution is -2.46. The average Bonchev–Trinajstić information content (AvgIpc) is 2.90. The molecule has 1 heterocycles. The molecule has 2 amide bonds. The highest BCUT2D eigenvalue weighted by Crippen LogP contribution is 2.43. The molecule has 0 aromatic carbocycles. The van der Waals surface area contributed by atoms with E-state index in [2.05, 4.69) is 15.5 Å². The Morgan fingerprint density at radius 1 is 1.10 bits per heavy atom. The Morgan fingerprint density at radius 2 is 1.81 bits per heavy atom. The van der Waals surface area contributed by atoms with Crippen molar-refractivity contribution in [2.45, 2.75) is 44.9 Å². The summed E-state index contributed by atoms with van der Waals surface area (Å²) in [5, 5.41) is 14.6. The van der Waals surface area contributed by atoms with E-state index in [9.17, 15) is 9.59 Å². The molecule has 1 aliphatic carbocycles. The van der Waals surface area contributed by atoms with Gasteiger partial charge in [-0.25, -0.2) is 4.79 Å². The monoisotopic (exact) mass is 297 g/mol. The molecule has 6 nitrogen and oxygen atoms in total. The maximum absolute atomic E-state index is 11.7. The first-order valence-corrected chi connectivity index (χ1v) is 8.06. The number of likely N-dealkylation sites (tertiary alicyclic amines) is 1. The minimum absolute atomic E-state index is 0.155. The zero-order chi connectivity index (χ0) is 15.1. The molecule has 2 fully saturated rings. The summed E-state index contributed by atoms with van der Waals surface area (Å²) in [6.45, 7) is 4.56. The molecule has 1 saturated carbocycles. The van der Waals surface area contributed by atoms with Gasteiger partial charge in [0.25, 0.3) is 0 Å². The van der Waals surface area contributed by atoms with Gasteiger partial charge in [0.05, 0.1) is 6.42 Å². The molecule has 21 heavy (non-hydrogen) atoms. The van der Waals surface area contributed by atoms with E-state index >= 15 is 0 Å². The predicted molar refractivity (Wildman–Crippen MR) is 80.2 cm³/mol. The van der Waals surface area contributed by atoms with Crippen molar-refractivity contribution < 1.29 is 14.7 Å². The van der Waals surface area contributed by atoms with Crippen LogP contribution in [0.15, 0.2) is 0 Å². The Morgan fingerprint density at radius 3 is 2.38 bits per heavy atom. The van der Waals surface area contributed by atoms with Gasteiger partial charge in [0.15, 0.2) is 0 Å². The molecule has 1 saturated heterocycles. The van der Waals surface area contributed by atoms with E-state index in [-0.39, 0.29) is 17.9 Å². The van der Waals surface area contributed by atoms with Gasteiger partial charge in [-0.2, -0.15) is 0 Å². The van der Waals surface area contributed by atoms with Crippen molar-refractivity contribution in [2.24, 2.45) is 5.41 Å².